The van der Waals surface area contributed by atoms with Crippen LogP contribution in [0.5, 0.6) is 5.75 Å². The zero-order valence-corrected chi connectivity index (χ0v) is 13.3. The Morgan fingerprint density at radius 3 is 2.90 bits per heavy atom. The Bertz CT molecular complexity index is 481. The van der Waals surface area contributed by atoms with Gasteiger partial charge in [-0.05, 0) is 43.5 Å². The molecule has 1 heterocycles. The second-order valence-corrected chi connectivity index (χ2v) is 5.88. The molecule has 1 unspecified atom stereocenters. The van der Waals surface area contributed by atoms with Crippen LogP contribution in [0, 0.1) is 0 Å². The van der Waals surface area contributed by atoms with Gasteiger partial charge in [0.25, 0.3) is 0 Å². The fraction of sp³-hybridized carbons (Fsp3) is 0.588. The van der Waals surface area contributed by atoms with E-state index < -0.39 is 0 Å². The summed E-state index contributed by atoms with van der Waals surface area (Å²) >= 11 is 0. The van der Waals surface area contributed by atoms with E-state index in [2.05, 4.69) is 12.2 Å². The van der Waals surface area contributed by atoms with Gasteiger partial charge in [-0.15, -0.1) is 0 Å². The van der Waals surface area contributed by atoms with Crippen molar-refractivity contribution in [2.24, 2.45) is 0 Å². The molecule has 116 valence electrons. The molecule has 4 nitrogen and oxygen atoms in total. The highest BCUT2D eigenvalue weighted by molar-refractivity contribution is 5.86. The summed E-state index contributed by atoms with van der Waals surface area (Å²) in [6.07, 6.45) is 3.96. The number of rotatable bonds is 6. The van der Waals surface area contributed by atoms with Crippen LogP contribution in [-0.2, 0) is 11.3 Å². The third-order valence-electron chi connectivity index (χ3n) is 4.23. The minimum Gasteiger partial charge on any atom is -0.497 e. The predicted molar refractivity (Wildman–Crippen MR) is 84.3 cm³/mol. The van der Waals surface area contributed by atoms with Gasteiger partial charge in [-0.2, -0.15) is 0 Å². The molecule has 1 aliphatic heterocycles. The molecule has 2 rings (SSSR count). The standard InChI is InChI=1S/C17H26N2O2/c1-4-9-17(10-6-11-18-17)16(20)19(2)13-14-7-5-8-15(12-14)21-3/h5,7-8,12,18H,4,6,9-11,13H2,1-3H3. The number of nitrogens with one attached hydrogen (secondary N) is 1. The van der Waals surface area contributed by atoms with Crippen molar-refractivity contribution < 1.29 is 9.53 Å². The average molecular weight is 290 g/mol. The Balaban J connectivity index is 2.07. The van der Waals surface area contributed by atoms with Gasteiger partial charge in [-0.25, -0.2) is 0 Å². The first-order valence-electron chi connectivity index (χ1n) is 7.75. The van der Waals surface area contributed by atoms with Crippen molar-refractivity contribution in [3.05, 3.63) is 29.8 Å². The highest BCUT2D eigenvalue weighted by Gasteiger charge is 2.41. The van der Waals surface area contributed by atoms with Crippen LogP contribution < -0.4 is 10.1 Å². The van der Waals surface area contributed by atoms with Gasteiger partial charge in [0.2, 0.25) is 5.91 Å². The molecule has 0 radical (unpaired) electrons. The normalized spacial score (nSPS) is 21.3. The molecule has 0 aliphatic carbocycles. The zero-order valence-electron chi connectivity index (χ0n) is 13.3. The molecule has 1 aliphatic rings. The Kier molecular flexibility index (Phi) is 5.23. The van der Waals surface area contributed by atoms with Crippen LogP contribution in [0.15, 0.2) is 24.3 Å². The molecule has 1 atom stereocenters. The van der Waals surface area contributed by atoms with Crippen molar-refractivity contribution in [1.82, 2.24) is 10.2 Å². The largest absolute Gasteiger partial charge is 0.497 e. The summed E-state index contributed by atoms with van der Waals surface area (Å²) < 4.78 is 5.24. The lowest BCUT2D eigenvalue weighted by Crippen LogP contribution is -2.53. The molecule has 0 spiro atoms. The predicted octanol–water partition coefficient (Wildman–Crippen LogP) is 2.58. The third-order valence-corrected chi connectivity index (χ3v) is 4.23. The van der Waals surface area contributed by atoms with Gasteiger partial charge in [0.15, 0.2) is 0 Å². The van der Waals surface area contributed by atoms with E-state index in [1.807, 2.05) is 36.2 Å². The topological polar surface area (TPSA) is 41.6 Å². The van der Waals surface area contributed by atoms with E-state index >= 15 is 0 Å². The number of ether oxygens (including phenoxy) is 1. The molecule has 1 aromatic rings. The monoisotopic (exact) mass is 290 g/mol. The lowest BCUT2D eigenvalue weighted by atomic mass is 9.90. The molecular weight excluding hydrogens is 264 g/mol. The number of amides is 1. The summed E-state index contributed by atoms with van der Waals surface area (Å²) in [6.45, 7) is 3.69. The van der Waals surface area contributed by atoms with Crippen molar-refractivity contribution in [3.63, 3.8) is 0 Å². The highest BCUT2D eigenvalue weighted by Crippen LogP contribution is 2.27. The van der Waals surface area contributed by atoms with Gasteiger partial charge in [-0.1, -0.05) is 25.5 Å². The van der Waals surface area contributed by atoms with Crippen LogP contribution in [0.2, 0.25) is 0 Å². The Morgan fingerprint density at radius 2 is 2.29 bits per heavy atom. The van der Waals surface area contributed by atoms with E-state index in [-0.39, 0.29) is 11.4 Å². The third kappa shape index (κ3) is 3.56. The molecule has 0 bridgehead atoms. The van der Waals surface area contributed by atoms with Gasteiger partial charge < -0.3 is 15.0 Å². The second-order valence-electron chi connectivity index (χ2n) is 5.88. The number of benzene rings is 1. The smallest absolute Gasteiger partial charge is 0.242 e. The van der Waals surface area contributed by atoms with Gasteiger partial charge >= 0.3 is 0 Å². The maximum atomic E-state index is 12.8. The first-order valence-corrected chi connectivity index (χ1v) is 7.75. The van der Waals surface area contributed by atoms with E-state index in [4.69, 9.17) is 4.74 Å². The molecule has 1 N–H and O–H groups in total. The van der Waals surface area contributed by atoms with Crippen LogP contribution >= 0.6 is 0 Å². The van der Waals surface area contributed by atoms with Crippen molar-refractivity contribution in [1.29, 1.82) is 0 Å². The van der Waals surface area contributed by atoms with Crippen molar-refractivity contribution in [2.45, 2.75) is 44.7 Å². The van der Waals surface area contributed by atoms with Crippen LogP contribution in [0.1, 0.15) is 38.2 Å². The molecule has 1 fully saturated rings. The summed E-state index contributed by atoms with van der Waals surface area (Å²) in [6, 6.07) is 7.89. The Labute approximate surface area is 127 Å². The van der Waals surface area contributed by atoms with Crippen LogP contribution in [-0.4, -0.2) is 37.0 Å². The Morgan fingerprint density at radius 1 is 1.48 bits per heavy atom. The number of carbonyl (C=O) groups is 1. The fourth-order valence-electron chi connectivity index (χ4n) is 3.22. The summed E-state index contributed by atoms with van der Waals surface area (Å²) in [5.74, 6) is 1.04. The summed E-state index contributed by atoms with van der Waals surface area (Å²) in [5, 5.41) is 3.44. The second kappa shape index (κ2) is 6.94. The number of hydrogen-bond acceptors (Lipinski definition) is 3. The summed E-state index contributed by atoms with van der Waals surface area (Å²) in [5.41, 5.74) is 0.748. The van der Waals surface area contributed by atoms with Gasteiger partial charge in [0.05, 0.1) is 12.6 Å². The number of hydrogen-bond donors (Lipinski definition) is 1. The molecule has 0 aromatic heterocycles. The average Bonchev–Trinajstić information content (AvgIpc) is 2.96. The SMILES string of the molecule is CCCC1(C(=O)N(C)Cc2cccc(OC)c2)CCCN1. The maximum Gasteiger partial charge on any atom is 0.242 e. The first-order chi connectivity index (χ1) is 10.1. The van der Waals surface area contributed by atoms with Crippen molar-refractivity contribution >= 4 is 5.91 Å². The van der Waals surface area contributed by atoms with Crippen molar-refractivity contribution in [2.75, 3.05) is 20.7 Å². The lowest BCUT2D eigenvalue weighted by Gasteiger charge is -2.32. The van der Waals surface area contributed by atoms with Crippen LogP contribution in [0.25, 0.3) is 0 Å². The van der Waals surface area contributed by atoms with Gasteiger partial charge in [-0.3, -0.25) is 4.79 Å². The van der Waals surface area contributed by atoms with E-state index in [0.717, 1.165) is 43.5 Å². The molecular formula is C17H26N2O2. The van der Waals surface area contributed by atoms with E-state index in [0.29, 0.717) is 6.54 Å². The Hall–Kier alpha value is -1.55. The van der Waals surface area contributed by atoms with E-state index in [1.54, 1.807) is 7.11 Å². The molecule has 1 aromatic carbocycles. The first kappa shape index (κ1) is 15.8. The molecule has 21 heavy (non-hydrogen) atoms. The highest BCUT2D eigenvalue weighted by atomic mass is 16.5. The summed E-state index contributed by atoms with van der Waals surface area (Å²) in [4.78, 5) is 14.7. The molecule has 1 amide bonds. The maximum absolute atomic E-state index is 12.8. The summed E-state index contributed by atoms with van der Waals surface area (Å²) in [7, 11) is 3.55. The van der Waals surface area contributed by atoms with E-state index in [1.165, 1.54) is 0 Å². The van der Waals surface area contributed by atoms with E-state index in [9.17, 15) is 4.79 Å². The van der Waals surface area contributed by atoms with Crippen LogP contribution in [0.3, 0.4) is 0 Å². The fourth-order valence-corrected chi connectivity index (χ4v) is 3.22. The molecule has 4 heteroatoms. The van der Waals surface area contributed by atoms with Crippen LogP contribution in [0.4, 0.5) is 0 Å². The van der Waals surface area contributed by atoms with Crippen molar-refractivity contribution in [3.8, 4) is 5.75 Å². The lowest BCUT2D eigenvalue weighted by molar-refractivity contribution is -0.137. The van der Waals surface area contributed by atoms with Gasteiger partial charge in [0.1, 0.15) is 5.75 Å². The minimum atomic E-state index is -0.345. The number of methoxy groups -OCH3 is 1. The number of nitrogens with zero attached hydrogens (tertiary/aromatic N) is 1. The quantitative estimate of drug-likeness (QED) is 0.875. The zero-order chi connectivity index (χ0) is 15.3. The number of carbonyl (C=O) groups excluding carboxylic acids is 1. The molecule has 1 saturated heterocycles. The van der Waals surface area contributed by atoms with Gasteiger partial charge in [0, 0.05) is 13.6 Å². The minimum absolute atomic E-state index is 0.213. The molecule has 0 saturated carbocycles. The number of likely N-dealkylation sites (N-methyl/N-ethyl adjacent to an activating group) is 1.